The molecule has 1 saturated heterocycles. The van der Waals surface area contributed by atoms with Gasteiger partial charge in [-0.2, -0.15) is 0 Å². The number of amides is 2. The minimum Gasteiger partial charge on any atom is -0.356 e. The van der Waals surface area contributed by atoms with Crippen molar-refractivity contribution in [2.75, 3.05) is 19.6 Å². The Labute approximate surface area is 102 Å². The van der Waals surface area contributed by atoms with Gasteiger partial charge in [0.2, 0.25) is 11.8 Å². The zero-order chi connectivity index (χ0) is 12.1. The van der Waals surface area contributed by atoms with E-state index in [-0.39, 0.29) is 23.8 Å². The molecular formula is C12H21N3O2. The van der Waals surface area contributed by atoms with Crippen molar-refractivity contribution >= 4 is 11.8 Å². The molecule has 0 bridgehead atoms. The van der Waals surface area contributed by atoms with E-state index in [9.17, 15) is 9.59 Å². The average molecular weight is 239 g/mol. The van der Waals surface area contributed by atoms with E-state index in [2.05, 4.69) is 16.0 Å². The first-order valence-corrected chi connectivity index (χ1v) is 6.53. The molecule has 1 aliphatic carbocycles. The van der Waals surface area contributed by atoms with Gasteiger partial charge in [0.05, 0.1) is 0 Å². The lowest BCUT2D eigenvalue weighted by Crippen LogP contribution is -2.38. The molecule has 0 aromatic rings. The molecule has 2 amide bonds. The van der Waals surface area contributed by atoms with Gasteiger partial charge in [0.25, 0.3) is 0 Å². The number of carbonyl (C=O) groups excluding carboxylic acids is 2. The van der Waals surface area contributed by atoms with Crippen LogP contribution in [0.2, 0.25) is 0 Å². The molecule has 1 heterocycles. The highest BCUT2D eigenvalue weighted by Crippen LogP contribution is 2.28. The lowest BCUT2D eigenvalue weighted by Gasteiger charge is -2.15. The maximum Gasteiger partial charge on any atom is 0.223 e. The monoisotopic (exact) mass is 239 g/mol. The van der Waals surface area contributed by atoms with Crippen molar-refractivity contribution in [1.82, 2.24) is 16.0 Å². The second-order valence-corrected chi connectivity index (χ2v) is 4.91. The van der Waals surface area contributed by atoms with Crippen LogP contribution in [0.25, 0.3) is 0 Å². The number of nitrogens with one attached hydrogen (secondary N) is 3. The highest BCUT2D eigenvalue weighted by Gasteiger charge is 2.29. The van der Waals surface area contributed by atoms with E-state index in [1.165, 1.54) is 0 Å². The zero-order valence-electron chi connectivity index (χ0n) is 10.1. The summed E-state index contributed by atoms with van der Waals surface area (Å²) in [6, 6.07) is 0.260. The fraction of sp³-hybridized carbons (Fsp3) is 0.833. The molecular weight excluding hydrogens is 218 g/mol. The second kappa shape index (κ2) is 6.00. The van der Waals surface area contributed by atoms with Gasteiger partial charge < -0.3 is 16.0 Å². The Bertz CT molecular complexity index is 289. The molecule has 5 nitrogen and oxygen atoms in total. The summed E-state index contributed by atoms with van der Waals surface area (Å²) in [5, 5.41) is 9.10. The Balaban J connectivity index is 1.57. The first kappa shape index (κ1) is 12.4. The molecule has 3 N–H and O–H groups in total. The Morgan fingerprint density at radius 3 is 2.88 bits per heavy atom. The minimum absolute atomic E-state index is 0.127. The van der Waals surface area contributed by atoms with Crippen LogP contribution < -0.4 is 16.0 Å². The van der Waals surface area contributed by atoms with Crippen LogP contribution in [0.4, 0.5) is 0 Å². The maximum atomic E-state index is 11.4. The summed E-state index contributed by atoms with van der Waals surface area (Å²) in [6.45, 7) is 2.19. The third kappa shape index (κ3) is 4.34. The largest absolute Gasteiger partial charge is 0.356 e. The molecule has 17 heavy (non-hydrogen) atoms. The molecule has 0 aromatic carbocycles. The summed E-state index contributed by atoms with van der Waals surface area (Å²) >= 11 is 0. The molecule has 1 aliphatic heterocycles. The van der Waals surface area contributed by atoms with E-state index >= 15 is 0 Å². The van der Waals surface area contributed by atoms with Crippen LogP contribution in [0.5, 0.6) is 0 Å². The van der Waals surface area contributed by atoms with Crippen molar-refractivity contribution in [3.63, 3.8) is 0 Å². The van der Waals surface area contributed by atoms with Gasteiger partial charge >= 0.3 is 0 Å². The summed E-state index contributed by atoms with van der Waals surface area (Å²) in [5.74, 6) is 0.589. The van der Waals surface area contributed by atoms with Gasteiger partial charge in [-0.05, 0) is 25.7 Å². The maximum absolute atomic E-state index is 11.4. The predicted molar refractivity (Wildman–Crippen MR) is 64.4 cm³/mol. The van der Waals surface area contributed by atoms with Crippen molar-refractivity contribution < 1.29 is 9.59 Å². The fourth-order valence-electron chi connectivity index (χ4n) is 2.10. The summed E-state index contributed by atoms with van der Waals surface area (Å²) in [6.07, 6.45) is 4.69. The molecule has 0 spiro atoms. The summed E-state index contributed by atoms with van der Waals surface area (Å²) < 4.78 is 0. The number of rotatable bonds is 5. The molecule has 0 radical (unpaired) electrons. The van der Waals surface area contributed by atoms with E-state index in [1.807, 2.05) is 0 Å². The van der Waals surface area contributed by atoms with Gasteiger partial charge in [-0.1, -0.05) is 0 Å². The standard InChI is InChI=1S/C12H21N3O2/c16-11-8-10(2-1-5-14-11)13-6-7-15-12(17)9-3-4-9/h9-10,13H,1-8H2,(H,14,16)(H,15,17). The Kier molecular flexibility index (Phi) is 4.36. The normalized spacial score (nSPS) is 24.9. The van der Waals surface area contributed by atoms with Gasteiger partial charge in [-0.15, -0.1) is 0 Å². The highest BCUT2D eigenvalue weighted by molar-refractivity contribution is 5.80. The molecule has 2 aliphatic rings. The average Bonchev–Trinajstić information content (AvgIpc) is 3.11. The Hall–Kier alpha value is -1.10. The molecule has 5 heteroatoms. The van der Waals surface area contributed by atoms with Crippen LogP contribution in [-0.4, -0.2) is 37.5 Å². The second-order valence-electron chi connectivity index (χ2n) is 4.91. The van der Waals surface area contributed by atoms with Crippen LogP contribution in [0.15, 0.2) is 0 Å². The quantitative estimate of drug-likeness (QED) is 0.580. The van der Waals surface area contributed by atoms with Gasteiger partial charge in [0, 0.05) is 38.0 Å². The van der Waals surface area contributed by atoms with E-state index in [0.717, 1.165) is 38.8 Å². The van der Waals surface area contributed by atoms with Crippen molar-refractivity contribution in [2.24, 2.45) is 5.92 Å². The molecule has 1 atom stereocenters. The molecule has 0 aromatic heterocycles. The molecule has 2 fully saturated rings. The highest BCUT2D eigenvalue weighted by atomic mass is 16.2. The third-order valence-corrected chi connectivity index (χ3v) is 3.29. The Morgan fingerprint density at radius 1 is 1.29 bits per heavy atom. The van der Waals surface area contributed by atoms with Crippen LogP contribution >= 0.6 is 0 Å². The van der Waals surface area contributed by atoms with Gasteiger partial charge in [-0.25, -0.2) is 0 Å². The first-order chi connectivity index (χ1) is 8.25. The smallest absolute Gasteiger partial charge is 0.223 e. The summed E-state index contributed by atoms with van der Waals surface area (Å²) in [4.78, 5) is 22.7. The van der Waals surface area contributed by atoms with E-state index in [0.29, 0.717) is 13.0 Å². The SMILES string of the molecule is O=C1CC(NCCNC(=O)C2CC2)CCCN1. The van der Waals surface area contributed by atoms with Crippen LogP contribution in [0.3, 0.4) is 0 Å². The predicted octanol–water partition coefficient (Wildman–Crippen LogP) is -0.229. The van der Waals surface area contributed by atoms with Crippen LogP contribution in [0, 0.1) is 5.92 Å². The number of hydrogen-bond acceptors (Lipinski definition) is 3. The lowest BCUT2D eigenvalue weighted by atomic mass is 10.1. The molecule has 1 saturated carbocycles. The van der Waals surface area contributed by atoms with Gasteiger partial charge in [0.1, 0.15) is 0 Å². The number of carbonyl (C=O) groups is 2. The van der Waals surface area contributed by atoms with Crippen molar-refractivity contribution in [3.05, 3.63) is 0 Å². The Morgan fingerprint density at radius 2 is 2.12 bits per heavy atom. The van der Waals surface area contributed by atoms with Crippen molar-refractivity contribution in [3.8, 4) is 0 Å². The summed E-state index contributed by atoms with van der Waals surface area (Å²) in [5.41, 5.74) is 0. The van der Waals surface area contributed by atoms with Crippen LogP contribution in [0.1, 0.15) is 32.1 Å². The third-order valence-electron chi connectivity index (χ3n) is 3.29. The number of hydrogen-bond donors (Lipinski definition) is 3. The van der Waals surface area contributed by atoms with Gasteiger partial charge in [0.15, 0.2) is 0 Å². The first-order valence-electron chi connectivity index (χ1n) is 6.53. The molecule has 1 unspecified atom stereocenters. The van der Waals surface area contributed by atoms with Crippen molar-refractivity contribution in [1.29, 1.82) is 0 Å². The topological polar surface area (TPSA) is 70.2 Å². The van der Waals surface area contributed by atoms with Crippen molar-refractivity contribution in [2.45, 2.75) is 38.1 Å². The van der Waals surface area contributed by atoms with Gasteiger partial charge in [-0.3, -0.25) is 9.59 Å². The van der Waals surface area contributed by atoms with E-state index in [4.69, 9.17) is 0 Å². The molecule has 2 rings (SSSR count). The van der Waals surface area contributed by atoms with Crippen LogP contribution in [-0.2, 0) is 9.59 Å². The zero-order valence-corrected chi connectivity index (χ0v) is 10.1. The molecule has 96 valence electrons. The van der Waals surface area contributed by atoms with E-state index in [1.54, 1.807) is 0 Å². The fourth-order valence-corrected chi connectivity index (χ4v) is 2.10. The minimum atomic E-state index is 0.127. The summed E-state index contributed by atoms with van der Waals surface area (Å²) in [7, 11) is 0. The van der Waals surface area contributed by atoms with E-state index < -0.39 is 0 Å². The lowest BCUT2D eigenvalue weighted by molar-refractivity contribution is -0.122.